The van der Waals surface area contributed by atoms with Crippen molar-refractivity contribution >= 4 is 11.3 Å². The third-order valence-electron chi connectivity index (χ3n) is 2.01. The molecule has 0 radical (unpaired) electrons. The van der Waals surface area contributed by atoms with E-state index in [9.17, 15) is 0 Å². The average molecular weight is 184 g/mol. The largest absolute Gasteiger partial charge is 0.314 e. The van der Waals surface area contributed by atoms with Crippen LogP contribution in [0.2, 0.25) is 0 Å². The highest BCUT2D eigenvalue weighted by Gasteiger charge is 2.06. The second kappa shape index (κ2) is 4.58. The SMILES string of the molecule is CCC(C)c1csc(CNC)n1. The summed E-state index contributed by atoms with van der Waals surface area (Å²) in [6, 6.07) is 0. The Bertz CT molecular complexity index is 232. The van der Waals surface area contributed by atoms with Gasteiger partial charge in [-0.25, -0.2) is 4.98 Å². The minimum absolute atomic E-state index is 0.604. The zero-order chi connectivity index (χ0) is 8.97. The maximum Gasteiger partial charge on any atom is 0.107 e. The van der Waals surface area contributed by atoms with Crippen molar-refractivity contribution in [1.82, 2.24) is 10.3 Å². The third kappa shape index (κ3) is 2.29. The average Bonchev–Trinajstić information content (AvgIpc) is 2.52. The molecule has 1 aromatic heterocycles. The van der Waals surface area contributed by atoms with Gasteiger partial charge in [-0.3, -0.25) is 0 Å². The van der Waals surface area contributed by atoms with Crippen LogP contribution in [0.3, 0.4) is 0 Å². The Morgan fingerprint density at radius 2 is 2.42 bits per heavy atom. The lowest BCUT2D eigenvalue weighted by Gasteiger charge is -2.02. The lowest BCUT2D eigenvalue weighted by Crippen LogP contribution is -2.04. The predicted octanol–water partition coefficient (Wildman–Crippen LogP) is 2.38. The van der Waals surface area contributed by atoms with Crippen molar-refractivity contribution < 1.29 is 0 Å². The summed E-state index contributed by atoms with van der Waals surface area (Å²) in [5.74, 6) is 0.604. The van der Waals surface area contributed by atoms with E-state index in [4.69, 9.17) is 0 Å². The zero-order valence-corrected chi connectivity index (χ0v) is 8.74. The number of nitrogens with zero attached hydrogens (tertiary/aromatic N) is 1. The maximum atomic E-state index is 4.53. The van der Waals surface area contributed by atoms with Crippen LogP contribution >= 0.6 is 11.3 Å². The van der Waals surface area contributed by atoms with Crippen molar-refractivity contribution in [2.75, 3.05) is 7.05 Å². The molecule has 0 aliphatic carbocycles. The molecule has 0 saturated carbocycles. The highest BCUT2D eigenvalue weighted by Crippen LogP contribution is 2.20. The molecular formula is C9H16N2S. The normalized spacial score (nSPS) is 13.2. The van der Waals surface area contributed by atoms with Crippen LogP contribution in [0, 0.1) is 0 Å². The lowest BCUT2D eigenvalue weighted by atomic mass is 10.1. The molecule has 2 nitrogen and oxygen atoms in total. The molecule has 12 heavy (non-hydrogen) atoms. The first-order valence-corrected chi connectivity index (χ1v) is 5.24. The first-order valence-electron chi connectivity index (χ1n) is 4.36. The minimum Gasteiger partial charge on any atom is -0.314 e. The van der Waals surface area contributed by atoms with Gasteiger partial charge in [-0.1, -0.05) is 13.8 Å². The fourth-order valence-electron chi connectivity index (χ4n) is 0.993. The van der Waals surface area contributed by atoms with Gasteiger partial charge >= 0.3 is 0 Å². The van der Waals surface area contributed by atoms with E-state index in [0.717, 1.165) is 6.54 Å². The lowest BCUT2D eigenvalue weighted by molar-refractivity contribution is 0.704. The van der Waals surface area contributed by atoms with E-state index in [1.807, 2.05) is 7.05 Å². The fraction of sp³-hybridized carbons (Fsp3) is 0.667. The number of hydrogen-bond acceptors (Lipinski definition) is 3. The number of hydrogen-bond donors (Lipinski definition) is 1. The monoisotopic (exact) mass is 184 g/mol. The summed E-state index contributed by atoms with van der Waals surface area (Å²) in [5.41, 5.74) is 1.24. The van der Waals surface area contributed by atoms with E-state index < -0.39 is 0 Å². The van der Waals surface area contributed by atoms with Crippen LogP contribution in [0.15, 0.2) is 5.38 Å². The number of thiazole rings is 1. The number of rotatable bonds is 4. The molecule has 68 valence electrons. The van der Waals surface area contributed by atoms with Crippen molar-refractivity contribution in [3.63, 3.8) is 0 Å². The molecule has 1 atom stereocenters. The van der Waals surface area contributed by atoms with E-state index in [-0.39, 0.29) is 0 Å². The van der Waals surface area contributed by atoms with E-state index in [1.165, 1.54) is 17.1 Å². The van der Waals surface area contributed by atoms with Gasteiger partial charge in [0.05, 0.1) is 5.69 Å². The molecule has 0 aliphatic rings. The molecule has 0 bridgehead atoms. The fourth-order valence-corrected chi connectivity index (χ4v) is 1.92. The highest BCUT2D eigenvalue weighted by molar-refractivity contribution is 7.09. The Morgan fingerprint density at radius 3 is 3.00 bits per heavy atom. The summed E-state index contributed by atoms with van der Waals surface area (Å²) >= 11 is 1.74. The van der Waals surface area contributed by atoms with Gasteiger partial charge in [0, 0.05) is 11.9 Å². The Balaban J connectivity index is 2.63. The summed E-state index contributed by atoms with van der Waals surface area (Å²) in [6.45, 7) is 5.31. The van der Waals surface area contributed by atoms with Gasteiger partial charge in [0.2, 0.25) is 0 Å². The van der Waals surface area contributed by atoms with Crippen LogP contribution in [-0.4, -0.2) is 12.0 Å². The molecule has 1 N–H and O–H groups in total. The second-order valence-corrected chi connectivity index (χ2v) is 3.95. The standard InChI is InChI=1S/C9H16N2S/c1-4-7(2)8-6-12-9(11-8)5-10-3/h6-7,10H,4-5H2,1-3H3. The van der Waals surface area contributed by atoms with Crippen molar-refractivity contribution in [3.8, 4) is 0 Å². The molecule has 0 fully saturated rings. The molecule has 1 aromatic rings. The molecule has 0 amide bonds. The van der Waals surface area contributed by atoms with Crippen LogP contribution < -0.4 is 5.32 Å². The van der Waals surface area contributed by atoms with Gasteiger partial charge in [-0.05, 0) is 19.4 Å². The van der Waals surface area contributed by atoms with E-state index in [2.05, 4.69) is 29.5 Å². The number of nitrogens with one attached hydrogen (secondary N) is 1. The molecule has 1 heterocycles. The molecule has 0 aliphatic heterocycles. The molecular weight excluding hydrogens is 168 g/mol. The van der Waals surface area contributed by atoms with Crippen LogP contribution in [0.4, 0.5) is 0 Å². The molecule has 0 aromatic carbocycles. The molecule has 0 saturated heterocycles. The van der Waals surface area contributed by atoms with E-state index >= 15 is 0 Å². The van der Waals surface area contributed by atoms with Crippen LogP contribution in [0.1, 0.15) is 36.9 Å². The van der Waals surface area contributed by atoms with Crippen LogP contribution in [0.5, 0.6) is 0 Å². The summed E-state index contributed by atoms with van der Waals surface area (Å²) in [7, 11) is 1.95. The van der Waals surface area contributed by atoms with Gasteiger partial charge in [-0.15, -0.1) is 11.3 Å². The number of aromatic nitrogens is 1. The Morgan fingerprint density at radius 1 is 1.67 bits per heavy atom. The van der Waals surface area contributed by atoms with Gasteiger partial charge < -0.3 is 5.32 Å². The first-order chi connectivity index (χ1) is 5.77. The van der Waals surface area contributed by atoms with Crippen LogP contribution in [-0.2, 0) is 6.54 Å². The summed E-state index contributed by atoms with van der Waals surface area (Å²) in [4.78, 5) is 4.53. The Labute approximate surface area is 78.0 Å². The van der Waals surface area contributed by atoms with E-state index in [0.29, 0.717) is 5.92 Å². The zero-order valence-electron chi connectivity index (χ0n) is 7.92. The van der Waals surface area contributed by atoms with E-state index in [1.54, 1.807) is 11.3 Å². The molecule has 1 rings (SSSR count). The highest BCUT2D eigenvalue weighted by atomic mass is 32.1. The minimum atomic E-state index is 0.604. The first kappa shape index (κ1) is 9.68. The predicted molar refractivity (Wildman–Crippen MR) is 53.6 cm³/mol. The third-order valence-corrected chi connectivity index (χ3v) is 2.88. The summed E-state index contributed by atoms with van der Waals surface area (Å²) in [5, 5.41) is 6.46. The smallest absolute Gasteiger partial charge is 0.107 e. The van der Waals surface area contributed by atoms with Gasteiger partial charge in [0.25, 0.3) is 0 Å². The Kier molecular flexibility index (Phi) is 3.69. The van der Waals surface area contributed by atoms with Crippen molar-refractivity contribution in [2.45, 2.75) is 32.7 Å². The Hall–Kier alpha value is -0.410. The quantitative estimate of drug-likeness (QED) is 0.777. The molecule has 1 unspecified atom stereocenters. The van der Waals surface area contributed by atoms with Crippen molar-refractivity contribution in [1.29, 1.82) is 0 Å². The maximum absolute atomic E-state index is 4.53. The van der Waals surface area contributed by atoms with Gasteiger partial charge in [-0.2, -0.15) is 0 Å². The van der Waals surface area contributed by atoms with Crippen molar-refractivity contribution in [3.05, 3.63) is 16.1 Å². The second-order valence-electron chi connectivity index (χ2n) is 3.01. The van der Waals surface area contributed by atoms with Gasteiger partial charge in [0.1, 0.15) is 5.01 Å². The van der Waals surface area contributed by atoms with Crippen LogP contribution in [0.25, 0.3) is 0 Å². The molecule has 3 heteroatoms. The summed E-state index contributed by atoms with van der Waals surface area (Å²) in [6.07, 6.45) is 1.17. The molecule has 0 spiro atoms. The summed E-state index contributed by atoms with van der Waals surface area (Å²) < 4.78 is 0. The van der Waals surface area contributed by atoms with Gasteiger partial charge in [0.15, 0.2) is 0 Å². The topological polar surface area (TPSA) is 24.9 Å². The van der Waals surface area contributed by atoms with Crippen molar-refractivity contribution in [2.24, 2.45) is 0 Å².